The van der Waals surface area contributed by atoms with E-state index in [1.54, 1.807) is 4.31 Å². The van der Waals surface area contributed by atoms with Gasteiger partial charge in [-0.15, -0.1) is 0 Å². The highest BCUT2D eigenvalue weighted by Crippen LogP contribution is 2.64. The van der Waals surface area contributed by atoms with Crippen molar-refractivity contribution in [1.82, 2.24) is 9.46 Å². The number of aromatic nitrogens is 1. The van der Waals surface area contributed by atoms with Crippen LogP contribution in [0.1, 0.15) is 63.4 Å². The van der Waals surface area contributed by atoms with E-state index in [0.717, 1.165) is 19.3 Å². The van der Waals surface area contributed by atoms with Crippen molar-refractivity contribution >= 4 is 15.8 Å². The molecule has 1 aromatic rings. The molecule has 138 valence electrons. The molecule has 6 nitrogen and oxygen atoms in total. The van der Waals surface area contributed by atoms with Gasteiger partial charge in [0.1, 0.15) is 17.2 Å². The predicted octanol–water partition coefficient (Wildman–Crippen LogP) is 2.85. The lowest BCUT2D eigenvalue weighted by Gasteiger charge is -2.37. The summed E-state index contributed by atoms with van der Waals surface area (Å²) in [6.45, 7) is 6.45. The Bertz CT molecular complexity index is 813. The fraction of sp³-hybridized carbons (Fsp3) is 0.778. The molecule has 4 rings (SSSR count). The maximum absolute atomic E-state index is 13.3. The van der Waals surface area contributed by atoms with Crippen LogP contribution in [0.2, 0.25) is 0 Å². The highest BCUT2D eigenvalue weighted by molar-refractivity contribution is 7.89. The third-order valence-corrected chi connectivity index (χ3v) is 9.13. The molecular weight excluding hydrogens is 340 g/mol. The first-order chi connectivity index (χ1) is 11.7. The van der Waals surface area contributed by atoms with E-state index in [9.17, 15) is 13.2 Å². The number of aryl methyl sites for hydroxylation is 1. The molecule has 1 aliphatic heterocycles. The maximum Gasteiger partial charge on any atom is 0.215 e. The van der Waals surface area contributed by atoms with Crippen molar-refractivity contribution in [3.63, 3.8) is 0 Å². The number of carbonyl (C=O) groups is 1. The number of rotatable bonds is 4. The van der Waals surface area contributed by atoms with Crippen LogP contribution in [0.5, 0.6) is 0 Å². The molecule has 1 aromatic heterocycles. The zero-order chi connectivity index (χ0) is 18.0. The van der Waals surface area contributed by atoms with Crippen LogP contribution in [0.25, 0.3) is 0 Å². The van der Waals surface area contributed by atoms with Crippen LogP contribution in [0, 0.1) is 23.7 Å². The second-order valence-corrected chi connectivity index (χ2v) is 10.5. The molecule has 0 aromatic carbocycles. The van der Waals surface area contributed by atoms with Crippen LogP contribution in [0.15, 0.2) is 10.6 Å². The molecule has 0 radical (unpaired) electrons. The van der Waals surface area contributed by atoms with Crippen molar-refractivity contribution in [2.45, 2.75) is 58.9 Å². The van der Waals surface area contributed by atoms with E-state index in [-0.39, 0.29) is 23.0 Å². The normalized spacial score (nSPS) is 34.9. The van der Waals surface area contributed by atoms with Gasteiger partial charge >= 0.3 is 0 Å². The van der Waals surface area contributed by atoms with Gasteiger partial charge in [-0.2, -0.15) is 4.31 Å². The first-order valence-electron chi connectivity index (χ1n) is 9.13. The predicted molar refractivity (Wildman–Crippen MR) is 92.3 cm³/mol. The largest absolute Gasteiger partial charge is 0.361 e. The molecule has 0 amide bonds. The summed E-state index contributed by atoms with van der Waals surface area (Å²) < 4.78 is 33.3. The van der Waals surface area contributed by atoms with E-state index >= 15 is 0 Å². The highest BCUT2D eigenvalue weighted by Gasteiger charge is 2.65. The highest BCUT2D eigenvalue weighted by atomic mass is 32.2. The molecule has 0 N–H and O–H groups in total. The van der Waals surface area contributed by atoms with E-state index in [2.05, 4.69) is 19.0 Å². The quantitative estimate of drug-likeness (QED) is 0.818. The minimum atomic E-state index is -3.55. The monoisotopic (exact) mass is 366 g/mol. The smallest absolute Gasteiger partial charge is 0.215 e. The minimum Gasteiger partial charge on any atom is -0.361 e. The summed E-state index contributed by atoms with van der Waals surface area (Å²) in [6.07, 6.45) is 3.75. The van der Waals surface area contributed by atoms with Crippen LogP contribution in [0.4, 0.5) is 0 Å². The Labute approximate surface area is 149 Å². The Kier molecular flexibility index (Phi) is 3.71. The zero-order valence-corrected chi connectivity index (χ0v) is 15.9. The molecule has 0 spiro atoms. The van der Waals surface area contributed by atoms with E-state index in [1.807, 2.05) is 13.0 Å². The first kappa shape index (κ1) is 17.2. The van der Waals surface area contributed by atoms with E-state index in [0.29, 0.717) is 36.8 Å². The summed E-state index contributed by atoms with van der Waals surface area (Å²) in [5.41, 5.74) is -0.280. The number of hydrogen-bond acceptors (Lipinski definition) is 5. The molecule has 7 heteroatoms. The summed E-state index contributed by atoms with van der Waals surface area (Å²) in [5.74, 6) is 1.09. The van der Waals surface area contributed by atoms with Gasteiger partial charge in [0, 0.05) is 24.4 Å². The lowest BCUT2D eigenvalue weighted by Crippen LogP contribution is -2.46. The van der Waals surface area contributed by atoms with Gasteiger partial charge in [-0.1, -0.05) is 19.0 Å². The van der Waals surface area contributed by atoms with Crippen molar-refractivity contribution in [3.05, 3.63) is 17.5 Å². The Morgan fingerprint density at radius 2 is 2.12 bits per heavy atom. The fourth-order valence-corrected chi connectivity index (χ4v) is 7.89. The van der Waals surface area contributed by atoms with Gasteiger partial charge in [-0.05, 0) is 43.9 Å². The number of fused-ring (bicyclic) bond motifs is 2. The molecule has 3 aliphatic rings. The average molecular weight is 366 g/mol. The third-order valence-electron chi connectivity index (χ3n) is 7.12. The van der Waals surface area contributed by atoms with Crippen LogP contribution < -0.4 is 0 Å². The Hall–Kier alpha value is -1.21. The summed E-state index contributed by atoms with van der Waals surface area (Å²) in [6, 6.07) is 1.54. The molecule has 3 fully saturated rings. The van der Waals surface area contributed by atoms with Crippen molar-refractivity contribution in [3.8, 4) is 0 Å². The second kappa shape index (κ2) is 5.39. The molecular formula is C18H26N2O4S. The molecule has 0 unspecified atom stereocenters. The Balaban J connectivity index is 1.65. The number of nitrogens with zero attached hydrogens (tertiary/aromatic N) is 2. The maximum atomic E-state index is 13.3. The number of sulfonamides is 1. The third kappa shape index (κ3) is 2.35. The molecule has 25 heavy (non-hydrogen) atoms. The van der Waals surface area contributed by atoms with Crippen molar-refractivity contribution < 1.29 is 17.7 Å². The Morgan fingerprint density at radius 3 is 2.68 bits per heavy atom. The minimum absolute atomic E-state index is 0.0599. The fourth-order valence-electron chi connectivity index (χ4n) is 5.41. The second-order valence-electron chi connectivity index (χ2n) is 8.55. The lowest BCUT2D eigenvalue weighted by molar-refractivity contribution is -0.128. The lowest BCUT2D eigenvalue weighted by atomic mass is 9.70. The molecule has 2 heterocycles. The molecule has 1 saturated heterocycles. The van der Waals surface area contributed by atoms with Crippen molar-refractivity contribution in [2.75, 3.05) is 12.3 Å². The van der Waals surface area contributed by atoms with Crippen LogP contribution in [-0.2, 0) is 14.8 Å². The van der Waals surface area contributed by atoms with Crippen LogP contribution >= 0.6 is 0 Å². The van der Waals surface area contributed by atoms with E-state index in [1.165, 1.54) is 0 Å². The summed E-state index contributed by atoms with van der Waals surface area (Å²) in [5, 5.41) is 4.03. The molecule has 2 saturated carbocycles. The number of ketones is 1. The van der Waals surface area contributed by atoms with Crippen molar-refractivity contribution in [1.29, 1.82) is 0 Å². The summed E-state index contributed by atoms with van der Waals surface area (Å²) in [7, 11) is -3.55. The van der Waals surface area contributed by atoms with Crippen LogP contribution in [0.3, 0.4) is 0 Å². The summed E-state index contributed by atoms with van der Waals surface area (Å²) >= 11 is 0. The molecule has 3 atom stereocenters. The standard InChI is InChI=1S/C18H26N2O4S/c1-12-9-14(19-24-12)15-5-4-8-20(15)25(22,23)11-18-7-6-13(10-16(18)21)17(18,2)3/h9,13,15H,4-8,10-11H2,1-3H3/t13-,15+,18-/m0/s1. The van der Waals surface area contributed by atoms with E-state index < -0.39 is 15.4 Å². The zero-order valence-electron chi connectivity index (χ0n) is 15.1. The van der Waals surface area contributed by atoms with Gasteiger partial charge in [-0.3, -0.25) is 4.79 Å². The van der Waals surface area contributed by atoms with E-state index in [4.69, 9.17) is 4.52 Å². The Morgan fingerprint density at radius 1 is 1.36 bits per heavy atom. The topological polar surface area (TPSA) is 80.5 Å². The van der Waals surface area contributed by atoms with Crippen molar-refractivity contribution in [2.24, 2.45) is 16.7 Å². The van der Waals surface area contributed by atoms with Gasteiger partial charge < -0.3 is 4.52 Å². The average Bonchev–Trinajstić information content (AvgIpc) is 3.24. The van der Waals surface area contributed by atoms with Gasteiger partial charge in [0.25, 0.3) is 0 Å². The first-order valence-corrected chi connectivity index (χ1v) is 10.7. The van der Waals surface area contributed by atoms with Gasteiger partial charge in [0.15, 0.2) is 0 Å². The SMILES string of the molecule is Cc1cc([C@H]2CCCN2S(=O)(=O)C[C@@]23CC[C@@H](CC2=O)C3(C)C)no1. The van der Waals surface area contributed by atoms with Crippen LogP contribution in [-0.4, -0.2) is 36.0 Å². The molecule has 2 bridgehead atoms. The summed E-state index contributed by atoms with van der Waals surface area (Å²) in [4.78, 5) is 12.7. The molecule has 2 aliphatic carbocycles. The number of Topliss-reactive ketones (excluding diaryl/α,β-unsaturated/α-hetero) is 1. The van der Waals surface area contributed by atoms with Gasteiger partial charge in [0.05, 0.1) is 11.8 Å². The van der Waals surface area contributed by atoms with Gasteiger partial charge in [-0.25, -0.2) is 8.42 Å². The number of hydrogen-bond donors (Lipinski definition) is 0. The number of carbonyl (C=O) groups excluding carboxylic acids is 1. The van der Waals surface area contributed by atoms with Gasteiger partial charge in [0.2, 0.25) is 10.0 Å².